The highest BCUT2D eigenvalue weighted by atomic mass is 16.5. The average molecular weight is 277 g/mol. The largest absolute Gasteiger partial charge is 0.478 e. The van der Waals surface area contributed by atoms with Gasteiger partial charge in [0, 0.05) is 20.3 Å². The van der Waals surface area contributed by atoms with Crippen LogP contribution in [0, 0.1) is 5.41 Å². The van der Waals surface area contributed by atoms with Gasteiger partial charge in [-0.25, -0.2) is 9.48 Å². The predicted molar refractivity (Wildman–Crippen MR) is 74.8 cm³/mol. The molecule has 2 rings (SSSR count). The van der Waals surface area contributed by atoms with Gasteiger partial charge in [0.2, 0.25) is 0 Å². The maximum atomic E-state index is 11.3. The molecule has 0 spiro atoms. The predicted octanol–water partition coefficient (Wildman–Crippen LogP) is 2.19. The van der Waals surface area contributed by atoms with Gasteiger partial charge in [0.15, 0.2) is 0 Å². The number of aromatic nitrogens is 3. The van der Waals surface area contributed by atoms with Gasteiger partial charge in [-0.15, -0.1) is 5.10 Å². The van der Waals surface area contributed by atoms with Gasteiger partial charge in [-0.3, -0.25) is 0 Å². The summed E-state index contributed by atoms with van der Waals surface area (Å²) >= 11 is 0. The lowest BCUT2D eigenvalue weighted by atomic mass is 9.89. The summed E-state index contributed by atoms with van der Waals surface area (Å²) < 4.78 is 6.78. The fourth-order valence-electron chi connectivity index (χ4n) is 2.18. The molecule has 0 unspecified atom stereocenters. The minimum Gasteiger partial charge on any atom is -0.478 e. The molecule has 6 nitrogen and oxygen atoms in total. The number of ether oxygens (including phenoxy) is 1. The number of rotatable bonds is 6. The van der Waals surface area contributed by atoms with E-state index < -0.39 is 5.97 Å². The summed E-state index contributed by atoms with van der Waals surface area (Å²) in [6.45, 7) is 5.45. The molecule has 0 amide bonds. The van der Waals surface area contributed by atoms with Crippen LogP contribution in [0.15, 0.2) is 18.2 Å². The van der Waals surface area contributed by atoms with Gasteiger partial charge in [-0.2, -0.15) is 0 Å². The fraction of sp³-hybridized carbons (Fsp3) is 0.500. The Morgan fingerprint density at radius 1 is 1.45 bits per heavy atom. The molecule has 0 saturated carbocycles. The van der Waals surface area contributed by atoms with Crippen molar-refractivity contribution < 1.29 is 14.6 Å². The van der Waals surface area contributed by atoms with Crippen molar-refractivity contribution in [3.8, 4) is 0 Å². The zero-order chi connectivity index (χ0) is 14.8. The van der Waals surface area contributed by atoms with Gasteiger partial charge in [0.25, 0.3) is 0 Å². The first-order valence-corrected chi connectivity index (χ1v) is 6.49. The summed E-state index contributed by atoms with van der Waals surface area (Å²) in [6, 6.07) is 5.03. The third kappa shape index (κ3) is 2.96. The Hall–Kier alpha value is -1.95. The molecule has 108 valence electrons. The van der Waals surface area contributed by atoms with Crippen molar-refractivity contribution in [1.82, 2.24) is 15.0 Å². The monoisotopic (exact) mass is 277 g/mol. The van der Waals surface area contributed by atoms with Gasteiger partial charge >= 0.3 is 5.97 Å². The van der Waals surface area contributed by atoms with Crippen molar-refractivity contribution in [2.75, 3.05) is 13.7 Å². The Labute approximate surface area is 117 Å². The van der Waals surface area contributed by atoms with Crippen LogP contribution in [0.5, 0.6) is 0 Å². The molecule has 1 N–H and O–H groups in total. The molecule has 0 aliphatic rings. The zero-order valence-electron chi connectivity index (χ0n) is 12.0. The number of hydrogen-bond acceptors (Lipinski definition) is 4. The molecule has 2 aromatic rings. The second kappa shape index (κ2) is 5.58. The third-order valence-corrected chi connectivity index (χ3v) is 3.32. The first-order chi connectivity index (χ1) is 9.44. The fourth-order valence-corrected chi connectivity index (χ4v) is 2.18. The van der Waals surface area contributed by atoms with Gasteiger partial charge in [0.1, 0.15) is 11.0 Å². The van der Waals surface area contributed by atoms with Gasteiger partial charge in [-0.05, 0) is 24.0 Å². The summed E-state index contributed by atoms with van der Waals surface area (Å²) in [6.07, 6.45) is 0.861. The van der Waals surface area contributed by atoms with E-state index in [1.54, 1.807) is 30.0 Å². The van der Waals surface area contributed by atoms with Crippen molar-refractivity contribution >= 4 is 17.0 Å². The maximum Gasteiger partial charge on any atom is 0.337 e. The number of para-hydroxylation sites is 1. The summed E-state index contributed by atoms with van der Waals surface area (Å²) in [5, 5.41) is 17.4. The molecule has 0 aliphatic carbocycles. The summed E-state index contributed by atoms with van der Waals surface area (Å²) in [4.78, 5) is 11.3. The lowest BCUT2D eigenvalue weighted by Gasteiger charge is -2.24. The van der Waals surface area contributed by atoms with Gasteiger partial charge in [-0.1, -0.05) is 25.1 Å². The van der Waals surface area contributed by atoms with Crippen molar-refractivity contribution in [3.05, 3.63) is 23.8 Å². The Kier molecular flexibility index (Phi) is 4.04. The minimum absolute atomic E-state index is 0.0533. The normalized spacial score (nSPS) is 11.9. The molecule has 6 heteroatoms. The number of carboxylic acid groups (broad SMARTS) is 1. The van der Waals surface area contributed by atoms with Crippen molar-refractivity contribution in [1.29, 1.82) is 0 Å². The van der Waals surface area contributed by atoms with Crippen LogP contribution in [0.2, 0.25) is 0 Å². The Bertz CT molecular complexity index is 619. The van der Waals surface area contributed by atoms with Gasteiger partial charge < -0.3 is 9.84 Å². The average Bonchev–Trinajstić information content (AvgIpc) is 2.79. The molecular formula is C14H19N3O3. The van der Waals surface area contributed by atoms with E-state index in [9.17, 15) is 9.90 Å². The molecule has 0 atom stereocenters. The molecular weight excluding hydrogens is 258 g/mol. The van der Waals surface area contributed by atoms with Crippen LogP contribution < -0.4 is 0 Å². The Balaban J connectivity index is 2.38. The van der Waals surface area contributed by atoms with E-state index in [0.29, 0.717) is 24.2 Å². The van der Waals surface area contributed by atoms with Crippen LogP contribution in [-0.4, -0.2) is 39.8 Å². The van der Waals surface area contributed by atoms with Crippen LogP contribution in [0.1, 0.15) is 30.6 Å². The standard InChI is InChI=1S/C14H19N3O3/c1-14(2,7-8-20-3)9-17-12-10(13(18)19)5-4-6-11(12)15-16-17/h4-6H,7-9H2,1-3H3,(H,18,19). The molecule has 1 heterocycles. The van der Waals surface area contributed by atoms with E-state index in [2.05, 4.69) is 24.2 Å². The van der Waals surface area contributed by atoms with Crippen LogP contribution in [0.25, 0.3) is 11.0 Å². The van der Waals surface area contributed by atoms with E-state index in [0.717, 1.165) is 6.42 Å². The Morgan fingerprint density at radius 2 is 2.20 bits per heavy atom. The van der Waals surface area contributed by atoms with E-state index in [4.69, 9.17) is 4.74 Å². The number of nitrogens with zero attached hydrogens (tertiary/aromatic N) is 3. The number of hydrogen-bond donors (Lipinski definition) is 1. The van der Waals surface area contributed by atoms with E-state index in [-0.39, 0.29) is 11.0 Å². The second-order valence-electron chi connectivity index (χ2n) is 5.63. The smallest absolute Gasteiger partial charge is 0.337 e. The minimum atomic E-state index is -0.964. The molecule has 1 aromatic heterocycles. The maximum absolute atomic E-state index is 11.3. The highest BCUT2D eigenvalue weighted by Gasteiger charge is 2.22. The van der Waals surface area contributed by atoms with E-state index in [1.165, 1.54) is 0 Å². The first-order valence-electron chi connectivity index (χ1n) is 6.49. The van der Waals surface area contributed by atoms with Crippen LogP contribution in [0.4, 0.5) is 0 Å². The number of fused-ring (bicyclic) bond motifs is 1. The first kappa shape index (κ1) is 14.5. The zero-order valence-corrected chi connectivity index (χ0v) is 12.0. The van der Waals surface area contributed by atoms with Crippen LogP contribution in [-0.2, 0) is 11.3 Å². The molecule has 0 saturated heterocycles. The summed E-state index contributed by atoms with van der Waals surface area (Å²) in [5.41, 5.74) is 1.36. The Morgan fingerprint density at radius 3 is 2.85 bits per heavy atom. The summed E-state index contributed by atoms with van der Waals surface area (Å²) in [7, 11) is 1.67. The van der Waals surface area contributed by atoms with E-state index in [1.807, 2.05) is 0 Å². The molecule has 0 aliphatic heterocycles. The molecule has 1 aromatic carbocycles. The van der Waals surface area contributed by atoms with Gasteiger partial charge in [0.05, 0.1) is 5.56 Å². The number of benzene rings is 1. The molecule has 0 radical (unpaired) electrons. The highest BCUT2D eigenvalue weighted by Crippen LogP contribution is 2.25. The summed E-state index contributed by atoms with van der Waals surface area (Å²) in [5.74, 6) is -0.964. The van der Waals surface area contributed by atoms with E-state index >= 15 is 0 Å². The molecule has 0 fully saturated rings. The lowest BCUT2D eigenvalue weighted by Crippen LogP contribution is -2.22. The number of carboxylic acids is 1. The van der Waals surface area contributed by atoms with Crippen molar-refractivity contribution in [3.63, 3.8) is 0 Å². The highest BCUT2D eigenvalue weighted by molar-refractivity contribution is 6.00. The molecule has 20 heavy (non-hydrogen) atoms. The third-order valence-electron chi connectivity index (χ3n) is 3.32. The SMILES string of the molecule is COCCC(C)(C)Cn1nnc2cccc(C(=O)O)c21. The topological polar surface area (TPSA) is 77.2 Å². The van der Waals surface area contributed by atoms with Crippen LogP contribution in [0.3, 0.4) is 0 Å². The number of methoxy groups -OCH3 is 1. The molecule has 0 bridgehead atoms. The number of aromatic carboxylic acids is 1. The lowest BCUT2D eigenvalue weighted by molar-refractivity contribution is 0.0698. The van der Waals surface area contributed by atoms with Crippen molar-refractivity contribution in [2.45, 2.75) is 26.8 Å². The number of carbonyl (C=O) groups is 1. The quantitative estimate of drug-likeness (QED) is 0.875. The van der Waals surface area contributed by atoms with Crippen molar-refractivity contribution in [2.24, 2.45) is 5.41 Å². The second-order valence-corrected chi connectivity index (χ2v) is 5.63. The van der Waals surface area contributed by atoms with Crippen LogP contribution >= 0.6 is 0 Å².